The van der Waals surface area contributed by atoms with E-state index in [-0.39, 0.29) is 23.7 Å². The molecule has 206 valence electrons. The molecule has 4 aromatic rings. The highest BCUT2D eigenvalue weighted by Gasteiger charge is 2.32. The number of ether oxygens (including phenoxy) is 2. The number of aromatic nitrogens is 3. The topological polar surface area (TPSA) is 79.4 Å². The molecule has 0 aliphatic carbocycles. The first-order chi connectivity index (χ1) is 18.7. The van der Waals surface area contributed by atoms with E-state index in [9.17, 15) is 9.18 Å². The number of halogens is 1. The Bertz CT molecular complexity index is 1520. The Balaban J connectivity index is 1.46. The van der Waals surface area contributed by atoms with Crippen LogP contribution < -0.4 is 15.1 Å². The molecule has 0 amide bonds. The van der Waals surface area contributed by atoms with Crippen LogP contribution in [0.4, 0.5) is 4.39 Å². The van der Waals surface area contributed by atoms with Crippen molar-refractivity contribution in [3.63, 3.8) is 0 Å². The van der Waals surface area contributed by atoms with E-state index in [0.29, 0.717) is 35.7 Å². The molecule has 39 heavy (non-hydrogen) atoms. The van der Waals surface area contributed by atoms with Crippen molar-refractivity contribution in [2.45, 2.75) is 91.4 Å². The first-order valence-electron chi connectivity index (χ1n) is 13.8. The second kappa shape index (κ2) is 11.2. The second-order valence-corrected chi connectivity index (χ2v) is 11.1. The number of hydrogen-bond acceptors (Lipinski definition) is 6. The summed E-state index contributed by atoms with van der Waals surface area (Å²) in [7, 11) is 0. The lowest BCUT2D eigenvalue weighted by atomic mass is 9.91. The Hall–Kier alpha value is -3.68. The maximum absolute atomic E-state index is 13.2. The minimum atomic E-state index is -0.369. The number of hydrogen-bond donors (Lipinski definition) is 0. The Morgan fingerprint density at radius 3 is 2.72 bits per heavy atom. The van der Waals surface area contributed by atoms with Gasteiger partial charge in [-0.1, -0.05) is 43.5 Å². The molecular weight excluding hydrogens is 497 g/mol. The Kier molecular flexibility index (Phi) is 7.73. The Labute approximate surface area is 227 Å². The summed E-state index contributed by atoms with van der Waals surface area (Å²) in [5.41, 5.74) is 3.98. The average Bonchev–Trinajstić information content (AvgIpc) is 3.35. The van der Waals surface area contributed by atoms with Crippen LogP contribution in [-0.2, 0) is 26.0 Å². The van der Waals surface area contributed by atoms with Crippen molar-refractivity contribution in [1.82, 2.24) is 15.0 Å². The van der Waals surface area contributed by atoms with Crippen LogP contribution in [0.5, 0.6) is 11.5 Å². The lowest BCUT2D eigenvalue weighted by Gasteiger charge is -2.33. The van der Waals surface area contributed by atoms with Crippen LogP contribution in [0.15, 0.2) is 45.7 Å². The molecule has 7 nitrogen and oxygen atoms in total. The molecule has 2 aromatic heterocycles. The van der Waals surface area contributed by atoms with Crippen LogP contribution in [0.3, 0.4) is 0 Å². The lowest BCUT2D eigenvalue weighted by Crippen LogP contribution is -2.33. The van der Waals surface area contributed by atoms with E-state index in [1.165, 1.54) is 12.1 Å². The highest BCUT2D eigenvalue weighted by molar-refractivity contribution is 5.90. The zero-order valence-corrected chi connectivity index (χ0v) is 23.2. The second-order valence-electron chi connectivity index (χ2n) is 11.1. The largest absolute Gasteiger partial charge is 0.484 e. The summed E-state index contributed by atoms with van der Waals surface area (Å²) >= 11 is 0. The van der Waals surface area contributed by atoms with Crippen molar-refractivity contribution in [3.8, 4) is 11.5 Å². The van der Waals surface area contributed by atoms with Gasteiger partial charge in [-0.25, -0.2) is 13.9 Å². The molecule has 0 radical (unpaired) electrons. The summed E-state index contributed by atoms with van der Waals surface area (Å²) in [6.45, 7) is 8.86. The van der Waals surface area contributed by atoms with Crippen LogP contribution in [0, 0.1) is 12.7 Å². The molecule has 3 heterocycles. The van der Waals surface area contributed by atoms with Crippen molar-refractivity contribution < 1.29 is 18.3 Å². The van der Waals surface area contributed by atoms with Crippen LogP contribution in [0.25, 0.3) is 11.0 Å². The molecule has 8 heteroatoms. The van der Waals surface area contributed by atoms with Crippen LogP contribution in [-0.4, -0.2) is 20.6 Å². The summed E-state index contributed by atoms with van der Waals surface area (Å²) in [5.74, 6) is 0.775. The average molecular weight is 534 g/mol. The molecule has 0 spiro atoms. The van der Waals surface area contributed by atoms with Gasteiger partial charge in [-0.2, -0.15) is 0 Å². The zero-order chi connectivity index (χ0) is 27.6. The molecule has 0 atom stereocenters. The monoisotopic (exact) mass is 533 g/mol. The van der Waals surface area contributed by atoms with Gasteiger partial charge in [0, 0.05) is 10.9 Å². The maximum atomic E-state index is 13.2. The van der Waals surface area contributed by atoms with Crippen molar-refractivity contribution in [3.05, 3.63) is 80.7 Å². The number of unbranched alkanes of at least 4 members (excludes halogenated alkanes) is 3. The Morgan fingerprint density at radius 2 is 1.95 bits per heavy atom. The van der Waals surface area contributed by atoms with Gasteiger partial charge in [0.05, 0.1) is 12.7 Å². The van der Waals surface area contributed by atoms with Gasteiger partial charge >= 0.3 is 5.63 Å². The quantitative estimate of drug-likeness (QED) is 0.167. The van der Waals surface area contributed by atoms with E-state index in [2.05, 4.69) is 23.3 Å². The minimum absolute atomic E-state index is 0.125. The van der Waals surface area contributed by atoms with Crippen molar-refractivity contribution >= 4 is 11.0 Å². The standard InChI is InChI=1S/C31H36FN3O4/c1-5-6-7-8-9-25-20(2)26-16-22-14-15-31(3,4)39-27(22)29(28(26)38-30(25)36)37-19-24-18-35(34-33-24)17-21-10-12-23(32)13-11-21/h10-13,16,18H,5-9,14-15,17,19H2,1-4H3. The van der Waals surface area contributed by atoms with Gasteiger partial charge < -0.3 is 13.9 Å². The van der Waals surface area contributed by atoms with Gasteiger partial charge in [0.15, 0.2) is 11.3 Å². The predicted octanol–water partition coefficient (Wildman–Crippen LogP) is 6.69. The first kappa shape index (κ1) is 26.9. The number of benzene rings is 2. The number of rotatable bonds is 10. The summed E-state index contributed by atoms with van der Waals surface area (Å²) in [6.07, 6.45) is 8.58. The summed E-state index contributed by atoms with van der Waals surface area (Å²) < 4.78 is 33.6. The fourth-order valence-electron chi connectivity index (χ4n) is 5.14. The van der Waals surface area contributed by atoms with Crippen molar-refractivity contribution in [1.29, 1.82) is 0 Å². The summed E-state index contributed by atoms with van der Waals surface area (Å²) in [6, 6.07) is 8.38. The third-order valence-electron chi connectivity index (χ3n) is 7.43. The van der Waals surface area contributed by atoms with Gasteiger partial charge in [0.25, 0.3) is 0 Å². The van der Waals surface area contributed by atoms with E-state index in [1.807, 2.05) is 20.8 Å². The fraction of sp³-hybridized carbons (Fsp3) is 0.452. The summed E-state index contributed by atoms with van der Waals surface area (Å²) in [4.78, 5) is 13.1. The highest BCUT2D eigenvalue weighted by atomic mass is 19.1. The van der Waals surface area contributed by atoms with Crippen LogP contribution >= 0.6 is 0 Å². The van der Waals surface area contributed by atoms with Crippen molar-refractivity contribution in [2.24, 2.45) is 0 Å². The SMILES string of the molecule is CCCCCCc1c(C)c2cc3c(c(OCc4cn(Cc5ccc(F)cc5)nn4)c2oc1=O)OC(C)(C)CC3. The molecule has 1 aliphatic rings. The molecule has 1 aliphatic heterocycles. The van der Waals surface area contributed by atoms with E-state index in [4.69, 9.17) is 13.9 Å². The number of aryl methyl sites for hydroxylation is 2. The molecule has 0 unspecified atom stereocenters. The molecule has 5 rings (SSSR count). The molecule has 0 saturated carbocycles. The van der Waals surface area contributed by atoms with Gasteiger partial charge in [-0.15, -0.1) is 5.10 Å². The minimum Gasteiger partial charge on any atom is -0.484 e. The molecule has 0 fully saturated rings. The first-order valence-corrected chi connectivity index (χ1v) is 13.8. The number of nitrogens with zero attached hydrogens (tertiary/aromatic N) is 3. The van der Waals surface area contributed by atoms with E-state index in [1.54, 1.807) is 23.0 Å². The lowest BCUT2D eigenvalue weighted by molar-refractivity contribution is 0.0787. The van der Waals surface area contributed by atoms with Gasteiger partial charge in [-0.05, 0) is 81.3 Å². The van der Waals surface area contributed by atoms with Gasteiger partial charge in [0.1, 0.15) is 23.7 Å². The van der Waals surface area contributed by atoms with Gasteiger partial charge in [0.2, 0.25) is 5.75 Å². The van der Waals surface area contributed by atoms with E-state index in [0.717, 1.165) is 66.2 Å². The van der Waals surface area contributed by atoms with E-state index < -0.39 is 0 Å². The molecule has 2 aromatic carbocycles. The predicted molar refractivity (Wildman–Crippen MR) is 148 cm³/mol. The number of fused-ring (bicyclic) bond motifs is 2. The maximum Gasteiger partial charge on any atom is 0.339 e. The molecule has 0 saturated heterocycles. The third-order valence-corrected chi connectivity index (χ3v) is 7.43. The summed E-state index contributed by atoms with van der Waals surface area (Å²) in [5, 5.41) is 9.32. The highest BCUT2D eigenvalue weighted by Crippen LogP contribution is 2.45. The fourth-order valence-corrected chi connectivity index (χ4v) is 5.14. The van der Waals surface area contributed by atoms with Crippen molar-refractivity contribution in [2.75, 3.05) is 0 Å². The smallest absolute Gasteiger partial charge is 0.339 e. The van der Waals surface area contributed by atoms with Crippen LogP contribution in [0.2, 0.25) is 0 Å². The van der Waals surface area contributed by atoms with Gasteiger partial charge in [-0.3, -0.25) is 0 Å². The molecule has 0 N–H and O–H groups in total. The van der Waals surface area contributed by atoms with E-state index >= 15 is 0 Å². The molecular formula is C31H36FN3O4. The molecule has 0 bridgehead atoms. The normalized spacial score (nSPS) is 14.3. The Morgan fingerprint density at radius 1 is 1.15 bits per heavy atom. The van der Waals surface area contributed by atoms with Crippen LogP contribution in [0.1, 0.15) is 80.8 Å². The third kappa shape index (κ3) is 6.00. The zero-order valence-electron chi connectivity index (χ0n) is 23.2.